The van der Waals surface area contributed by atoms with Crippen molar-refractivity contribution in [3.8, 4) is 0 Å². The van der Waals surface area contributed by atoms with Gasteiger partial charge in [0.05, 0.1) is 4.92 Å². The summed E-state index contributed by atoms with van der Waals surface area (Å²) in [5, 5.41) is 14.3. The van der Waals surface area contributed by atoms with Crippen LogP contribution in [0.2, 0.25) is 0 Å². The average molecular weight is 293 g/mol. The monoisotopic (exact) mass is 293 g/mol. The molecule has 0 aliphatic rings. The molecule has 0 atom stereocenters. The van der Waals surface area contributed by atoms with Crippen molar-refractivity contribution >= 4 is 17.1 Å². The Hall–Kier alpha value is -1.78. The first kappa shape index (κ1) is 17.3. The molecular weight excluding hydrogens is 266 g/mol. The van der Waals surface area contributed by atoms with Crippen molar-refractivity contribution in [2.45, 2.75) is 34.6 Å². The maximum absolute atomic E-state index is 11.1. The largest absolute Gasteiger partial charge is 0.385 e. The second-order valence-corrected chi connectivity index (χ2v) is 6.22. The van der Waals surface area contributed by atoms with E-state index in [9.17, 15) is 10.1 Å². The first-order valence-electron chi connectivity index (χ1n) is 7.61. The molecule has 0 aliphatic carbocycles. The van der Waals surface area contributed by atoms with Crippen molar-refractivity contribution in [2.75, 3.05) is 29.9 Å². The number of non-ortho nitro benzene ring substituents is 1. The van der Waals surface area contributed by atoms with E-state index in [0.717, 1.165) is 31.0 Å². The third-order valence-corrected chi connectivity index (χ3v) is 3.03. The van der Waals surface area contributed by atoms with E-state index < -0.39 is 0 Å². The van der Waals surface area contributed by atoms with Gasteiger partial charge in [-0.25, -0.2) is 0 Å². The SMILES string of the molecule is CCNc1cc(N(CC(C)C)CC(C)C)cc([N+](=O)[O-])c1. The number of hydrogen-bond acceptors (Lipinski definition) is 4. The highest BCUT2D eigenvalue weighted by molar-refractivity contribution is 5.64. The summed E-state index contributed by atoms with van der Waals surface area (Å²) in [6.07, 6.45) is 0. The zero-order chi connectivity index (χ0) is 16.0. The van der Waals surface area contributed by atoms with E-state index in [2.05, 4.69) is 37.9 Å². The van der Waals surface area contributed by atoms with Crippen LogP contribution in [0.5, 0.6) is 0 Å². The molecule has 1 N–H and O–H groups in total. The molecular formula is C16H27N3O2. The summed E-state index contributed by atoms with van der Waals surface area (Å²) in [6.45, 7) is 13.2. The summed E-state index contributed by atoms with van der Waals surface area (Å²) in [5.41, 5.74) is 1.86. The summed E-state index contributed by atoms with van der Waals surface area (Å²) >= 11 is 0. The van der Waals surface area contributed by atoms with Crippen molar-refractivity contribution in [1.82, 2.24) is 0 Å². The Labute approximate surface area is 127 Å². The highest BCUT2D eigenvalue weighted by atomic mass is 16.6. The van der Waals surface area contributed by atoms with Gasteiger partial charge < -0.3 is 10.2 Å². The summed E-state index contributed by atoms with van der Waals surface area (Å²) in [4.78, 5) is 13.0. The Bertz CT molecular complexity index is 463. The number of hydrogen-bond donors (Lipinski definition) is 1. The molecule has 21 heavy (non-hydrogen) atoms. The molecule has 0 radical (unpaired) electrons. The van der Waals surface area contributed by atoms with Gasteiger partial charge in [-0.3, -0.25) is 10.1 Å². The lowest BCUT2D eigenvalue weighted by Gasteiger charge is -2.28. The Kier molecular flexibility index (Phi) is 6.46. The number of nitrogens with one attached hydrogen (secondary N) is 1. The molecule has 0 unspecified atom stereocenters. The number of nitrogens with zero attached hydrogens (tertiary/aromatic N) is 2. The molecule has 0 heterocycles. The van der Waals surface area contributed by atoms with Crippen molar-refractivity contribution in [3.05, 3.63) is 28.3 Å². The van der Waals surface area contributed by atoms with E-state index in [4.69, 9.17) is 0 Å². The molecule has 0 aliphatic heterocycles. The zero-order valence-corrected chi connectivity index (χ0v) is 13.7. The van der Waals surface area contributed by atoms with E-state index in [1.807, 2.05) is 13.0 Å². The van der Waals surface area contributed by atoms with Gasteiger partial charge in [0.1, 0.15) is 0 Å². The highest BCUT2D eigenvalue weighted by Crippen LogP contribution is 2.28. The fraction of sp³-hybridized carbons (Fsp3) is 0.625. The van der Waals surface area contributed by atoms with Crippen LogP contribution in [0.15, 0.2) is 18.2 Å². The van der Waals surface area contributed by atoms with Crippen LogP contribution in [0.4, 0.5) is 17.1 Å². The van der Waals surface area contributed by atoms with Gasteiger partial charge in [0.2, 0.25) is 0 Å². The van der Waals surface area contributed by atoms with Gasteiger partial charge >= 0.3 is 0 Å². The quantitative estimate of drug-likeness (QED) is 0.578. The molecule has 0 saturated carbocycles. The van der Waals surface area contributed by atoms with Gasteiger partial charge in [-0.2, -0.15) is 0 Å². The molecule has 5 nitrogen and oxygen atoms in total. The number of nitro benzene ring substituents is 1. The van der Waals surface area contributed by atoms with E-state index >= 15 is 0 Å². The minimum atomic E-state index is -0.326. The Balaban J connectivity index is 3.17. The lowest BCUT2D eigenvalue weighted by molar-refractivity contribution is -0.384. The fourth-order valence-corrected chi connectivity index (χ4v) is 2.36. The first-order valence-corrected chi connectivity index (χ1v) is 7.61. The molecule has 0 bridgehead atoms. The van der Waals surface area contributed by atoms with Crippen molar-refractivity contribution in [3.63, 3.8) is 0 Å². The lowest BCUT2D eigenvalue weighted by Crippen LogP contribution is -2.31. The second-order valence-electron chi connectivity index (χ2n) is 6.22. The molecule has 1 rings (SSSR count). The van der Waals surface area contributed by atoms with Crippen LogP contribution >= 0.6 is 0 Å². The van der Waals surface area contributed by atoms with Crippen molar-refractivity contribution in [2.24, 2.45) is 11.8 Å². The Morgan fingerprint density at radius 2 is 1.71 bits per heavy atom. The van der Waals surface area contributed by atoms with Crippen LogP contribution in [0.3, 0.4) is 0 Å². The predicted octanol–water partition coefficient (Wildman–Crippen LogP) is 4.15. The van der Waals surface area contributed by atoms with Crippen LogP contribution in [0.1, 0.15) is 34.6 Å². The second kappa shape index (κ2) is 7.86. The van der Waals surface area contributed by atoms with Crippen molar-refractivity contribution < 1.29 is 4.92 Å². The van der Waals surface area contributed by atoms with Gasteiger partial charge in [-0.05, 0) is 24.8 Å². The van der Waals surface area contributed by atoms with E-state index in [1.165, 1.54) is 0 Å². The molecule has 0 spiro atoms. The maximum atomic E-state index is 11.1. The third-order valence-electron chi connectivity index (χ3n) is 3.03. The fourth-order valence-electron chi connectivity index (χ4n) is 2.36. The van der Waals surface area contributed by atoms with E-state index in [-0.39, 0.29) is 10.6 Å². The topological polar surface area (TPSA) is 58.4 Å². The predicted molar refractivity (Wildman–Crippen MR) is 89.1 cm³/mol. The molecule has 5 heteroatoms. The van der Waals surface area contributed by atoms with Crippen LogP contribution < -0.4 is 10.2 Å². The van der Waals surface area contributed by atoms with Gasteiger partial charge in [0.15, 0.2) is 0 Å². The summed E-state index contributed by atoms with van der Waals surface area (Å²) in [5.74, 6) is 1.01. The number of benzene rings is 1. The van der Waals surface area contributed by atoms with E-state index in [0.29, 0.717) is 11.8 Å². The molecule has 0 amide bonds. The van der Waals surface area contributed by atoms with Gasteiger partial charge in [-0.15, -0.1) is 0 Å². The number of nitro groups is 1. The van der Waals surface area contributed by atoms with Crippen LogP contribution in [0, 0.1) is 22.0 Å². The molecule has 0 fully saturated rings. The van der Waals surface area contributed by atoms with Crippen LogP contribution in [0.25, 0.3) is 0 Å². The average Bonchev–Trinajstić information content (AvgIpc) is 2.36. The smallest absolute Gasteiger partial charge is 0.273 e. The van der Waals surface area contributed by atoms with Crippen LogP contribution in [-0.2, 0) is 0 Å². The van der Waals surface area contributed by atoms with Gasteiger partial charge in [0.25, 0.3) is 5.69 Å². The molecule has 118 valence electrons. The van der Waals surface area contributed by atoms with Crippen molar-refractivity contribution in [1.29, 1.82) is 0 Å². The minimum absolute atomic E-state index is 0.140. The Morgan fingerprint density at radius 3 is 2.14 bits per heavy atom. The standard InChI is InChI=1S/C16H27N3O2/c1-6-17-14-7-15(9-16(8-14)19(20)21)18(10-12(2)3)11-13(4)5/h7-9,12-13,17H,6,10-11H2,1-5H3. The first-order chi connectivity index (χ1) is 9.83. The molecule has 0 aromatic heterocycles. The third kappa shape index (κ3) is 5.61. The maximum Gasteiger partial charge on any atom is 0.273 e. The van der Waals surface area contributed by atoms with E-state index in [1.54, 1.807) is 12.1 Å². The molecule has 1 aromatic carbocycles. The highest BCUT2D eigenvalue weighted by Gasteiger charge is 2.16. The van der Waals surface area contributed by atoms with Crippen LogP contribution in [-0.4, -0.2) is 24.6 Å². The summed E-state index contributed by atoms with van der Waals surface area (Å²) < 4.78 is 0. The molecule has 0 saturated heterocycles. The normalized spacial score (nSPS) is 11.0. The Morgan fingerprint density at radius 1 is 1.14 bits per heavy atom. The number of anilines is 2. The summed E-state index contributed by atoms with van der Waals surface area (Å²) in [6, 6.07) is 5.27. The van der Waals surface area contributed by atoms with Gasteiger partial charge in [0, 0.05) is 43.1 Å². The van der Waals surface area contributed by atoms with Gasteiger partial charge in [-0.1, -0.05) is 27.7 Å². The number of rotatable bonds is 8. The minimum Gasteiger partial charge on any atom is -0.385 e. The summed E-state index contributed by atoms with van der Waals surface area (Å²) in [7, 11) is 0. The zero-order valence-electron chi connectivity index (χ0n) is 13.7. The molecule has 1 aromatic rings. The lowest BCUT2D eigenvalue weighted by atomic mass is 10.1.